The number of rotatable bonds is 8. The molecule has 4 aliphatic carbocycles. The van der Waals surface area contributed by atoms with Crippen molar-refractivity contribution in [2.24, 2.45) is 34.3 Å². The van der Waals surface area contributed by atoms with Crippen LogP contribution >= 0.6 is 34.7 Å². The van der Waals surface area contributed by atoms with Gasteiger partial charge in [0.25, 0.3) is 0 Å². The first-order valence-corrected chi connectivity index (χ1v) is 22.4. The van der Waals surface area contributed by atoms with E-state index < -0.39 is 5.92 Å². The minimum atomic E-state index is -0.525. The van der Waals surface area contributed by atoms with Crippen molar-refractivity contribution in [1.82, 2.24) is 20.1 Å². The molecule has 9 nitrogen and oxygen atoms in total. The quantitative estimate of drug-likeness (QED) is 0.128. The van der Waals surface area contributed by atoms with Crippen LogP contribution in [0.3, 0.4) is 0 Å². The third-order valence-electron chi connectivity index (χ3n) is 14.3. The zero-order valence-electron chi connectivity index (χ0n) is 32.7. The standard InChI is InChI=1S/C45H50ClN7O2S2/c1-4-55-42-38(36(31(23-47)39(48)50-42)25-10-13-27(46)14-11-25)57-43-52-51-41(53(43)28-8-6-5-7-9-28)37-32(24-56-40(37)49)34-17-16-33-30-15-12-26-22-29(54)18-20-44(26,2)35(30)19-21-45(33,34)3/h5-14,24,29-30,33-36,50,54H,4,15-22,48-49H2,1-3H3/t29?,30-,33-,34+,35-,36?,44-,45-/m0/s1. The van der Waals surface area contributed by atoms with Crippen LogP contribution in [0.5, 0.6) is 0 Å². The van der Waals surface area contributed by atoms with Gasteiger partial charge >= 0.3 is 0 Å². The van der Waals surface area contributed by atoms with Crippen LogP contribution < -0.4 is 16.8 Å². The molecule has 8 atom stereocenters. The van der Waals surface area contributed by atoms with Gasteiger partial charge in [-0.05, 0) is 145 Å². The molecule has 9 rings (SSSR count). The Kier molecular flexibility index (Phi) is 9.99. The number of thioether (sulfide) groups is 1. The van der Waals surface area contributed by atoms with Gasteiger partial charge in [0.05, 0.1) is 45.7 Å². The van der Waals surface area contributed by atoms with Gasteiger partial charge < -0.3 is 26.6 Å². The van der Waals surface area contributed by atoms with Gasteiger partial charge in [0, 0.05) is 10.7 Å². The second-order valence-electron chi connectivity index (χ2n) is 17.0. The highest BCUT2D eigenvalue weighted by Gasteiger charge is 2.59. The van der Waals surface area contributed by atoms with E-state index in [4.69, 9.17) is 38.0 Å². The van der Waals surface area contributed by atoms with Gasteiger partial charge in [-0.2, -0.15) is 5.26 Å². The molecule has 5 aliphatic rings. The fraction of sp³-hybridized carbons (Fsp3) is 0.444. The molecule has 0 radical (unpaired) electrons. The van der Waals surface area contributed by atoms with Crippen LogP contribution in [0, 0.1) is 39.9 Å². The van der Waals surface area contributed by atoms with E-state index in [1.54, 1.807) is 11.3 Å². The molecule has 12 heteroatoms. The van der Waals surface area contributed by atoms with Crippen LogP contribution in [-0.2, 0) is 4.74 Å². The summed E-state index contributed by atoms with van der Waals surface area (Å²) in [7, 11) is 0. The number of dihydropyridines is 1. The number of fused-ring (bicyclic) bond motifs is 5. The Morgan fingerprint density at radius 1 is 1.05 bits per heavy atom. The number of nitrogens with two attached hydrogens (primary N) is 2. The summed E-state index contributed by atoms with van der Waals surface area (Å²) in [6.45, 7) is 7.37. The zero-order valence-corrected chi connectivity index (χ0v) is 35.1. The molecule has 2 aromatic carbocycles. The summed E-state index contributed by atoms with van der Waals surface area (Å²) in [5.74, 6) is 3.19. The predicted octanol–water partition coefficient (Wildman–Crippen LogP) is 10.0. The van der Waals surface area contributed by atoms with Gasteiger partial charge in [-0.25, -0.2) is 0 Å². The summed E-state index contributed by atoms with van der Waals surface area (Å²) in [6.07, 6.45) is 11.0. The maximum Gasteiger partial charge on any atom is 0.203 e. The van der Waals surface area contributed by atoms with E-state index in [1.165, 1.54) is 42.2 Å². The number of benzene rings is 2. The topological polar surface area (TPSA) is 148 Å². The summed E-state index contributed by atoms with van der Waals surface area (Å²) < 4.78 is 8.29. The number of hydrogen-bond acceptors (Lipinski definition) is 10. The number of nitrogens with one attached hydrogen (secondary N) is 1. The summed E-state index contributed by atoms with van der Waals surface area (Å²) in [6, 6.07) is 20.0. The Balaban J connectivity index is 1.12. The number of hydrogen-bond donors (Lipinski definition) is 4. The van der Waals surface area contributed by atoms with Crippen LogP contribution in [0.1, 0.15) is 95.1 Å². The SMILES string of the molecule is CCOC1=C(Sc2nnc(-c3c([C@H]4CC[C@H]5[C@@H]6CC=C7CC(O)CC[C@]7(C)[C@H]6CC[C@]45C)csc3N)n2-c2ccccc2)C(c2ccc(Cl)cc2)C(C#N)=C(N)N1. The Morgan fingerprint density at radius 3 is 2.60 bits per heavy atom. The molecule has 2 unspecified atom stereocenters. The fourth-order valence-electron chi connectivity index (χ4n) is 11.6. The molecule has 0 bridgehead atoms. The predicted molar refractivity (Wildman–Crippen MR) is 228 cm³/mol. The van der Waals surface area contributed by atoms with E-state index in [2.05, 4.69) is 53.4 Å². The van der Waals surface area contributed by atoms with Crippen molar-refractivity contribution in [1.29, 1.82) is 5.26 Å². The summed E-state index contributed by atoms with van der Waals surface area (Å²) in [5, 5.41) is 38.3. The highest BCUT2D eigenvalue weighted by Crippen LogP contribution is 2.69. The third-order valence-corrected chi connectivity index (χ3v) is 16.5. The van der Waals surface area contributed by atoms with Crippen molar-refractivity contribution < 1.29 is 9.84 Å². The largest absolute Gasteiger partial charge is 0.479 e. The molecule has 296 valence electrons. The molecule has 6 N–H and O–H groups in total. The number of nitrogen functional groups attached to an aromatic ring is 1. The average Bonchev–Trinajstić information content (AvgIpc) is 3.90. The Morgan fingerprint density at radius 2 is 1.84 bits per heavy atom. The lowest BCUT2D eigenvalue weighted by Crippen LogP contribution is -2.50. The lowest BCUT2D eigenvalue weighted by molar-refractivity contribution is -0.0408. The van der Waals surface area contributed by atoms with Crippen molar-refractivity contribution in [3.8, 4) is 23.1 Å². The molecule has 1 aliphatic heterocycles. The summed E-state index contributed by atoms with van der Waals surface area (Å²) in [4.78, 5) is 0.744. The average molecular weight is 821 g/mol. The Bertz CT molecular complexity index is 2330. The summed E-state index contributed by atoms with van der Waals surface area (Å²) >= 11 is 9.33. The van der Waals surface area contributed by atoms with Gasteiger partial charge in [-0.3, -0.25) is 4.57 Å². The third kappa shape index (κ3) is 6.30. The zero-order chi connectivity index (χ0) is 39.6. The molecule has 3 fully saturated rings. The molecule has 3 saturated carbocycles. The number of aromatic nitrogens is 3. The number of para-hydroxylation sites is 1. The number of nitrogens with zero attached hydrogens (tertiary/aromatic N) is 4. The minimum absolute atomic E-state index is 0.130. The first kappa shape index (κ1) is 38.3. The fourth-order valence-corrected chi connectivity index (χ4v) is 13.7. The molecule has 57 heavy (non-hydrogen) atoms. The monoisotopic (exact) mass is 819 g/mol. The van der Waals surface area contributed by atoms with Gasteiger partial charge in [-0.15, -0.1) is 21.5 Å². The highest BCUT2D eigenvalue weighted by atomic mass is 35.5. The van der Waals surface area contributed by atoms with Gasteiger partial charge in [0.15, 0.2) is 5.82 Å². The van der Waals surface area contributed by atoms with Crippen LogP contribution in [-0.4, -0.2) is 32.6 Å². The van der Waals surface area contributed by atoms with E-state index in [9.17, 15) is 10.4 Å². The maximum atomic E-state index is 10.5. The van der Waals surface area contributed by atoms with E-state index in [0.717, 1.165) is 58.8 Å². The molecule has 0 spiro atoms. The number of ether oxygens (including phenoxy) is 1. The smallest absolute Gasteiger partial charge is 0.203 e. The Hall–Kier alpha value is -4.21. The van der Waals surface area contributed by atoms with Gasteiger partial charge in [0.2, 0.25) is 11.0 Å². The molecule has 3 heterocycles. The van der Waals surface area contributed by atoms with Crippen molar-refractivity contribution in [2.45, 2.75) is 95.2 Å². The number of allylic oxidation sites excluding steroid dienone is 3. The Labute approximate surface area is 348 Å². The van der Waals surface area contributed by atoms with Gasteiger partial charge in [0.1, 0.15) is 5.82 Å². The number of nitriles is 1. The highest BCUT2D eigenvalue weighted by molar-refractivity contribution is 8.03. The van der Waals surface area contributed by atoms with E-state index in [0.29, 0.717) is 57.7 Å². The molecular weight excluding hydrogens is 770 g/mol. The minimum Gasteiger partial charge on any atom is -0.479 e. The van der Waals surface area contributed by atoms with Crippen molar-refractivity contribution in [2.75, 3.05) is 12.3 Å². The molecule has 0 amide bonds. The first-order valence-electron chi connectivity index (χ1n) is 20.3. The summed E-state index contributed by atoms with van der Waals surface area (Å²) in [5.41, 5.74) is 19.7. The van der Waals surface area contributed by atoms with E-state index in [-0.39, 0.29) is 22.8 Å². The second kappa shape index (κ2) is 14.9. The van der Waals surface area contributed by atoms with E-state index >= 15 is 0 Å². The number of halogens is 1. The number of anilines is 1. The molecule has 0 saturated heterocycles. The van der Waals surface area contributed by atoms with E-state index in [1.807, 2.05) is 49.4 Å². The number of thiophene rings is 1. The second-order valence-corrected chi connectivity index (χ2v) is 19.4. The molecule has 4 aromatic rings. The van der Waals surface area contributed by atoms with Crippen molar-refractivity contribution >= 4 is 39.7 Å². The van der Waals surface area contributed by atoms with Gasteiger partial charge in [-0.1, -0.05) is 67.4 Å². The van der Waals surface area contributed by atoms with Crippen LogP contribution in [0.25, 0.3) is 17.1 Å². The number of aliphatic hydroxyl groups is 1. The first-order chi connectivity index (χ1) is 27.6. The van der Waals surface area contributed by atoms with Crippen molar-refractivity contribution in [3.05, 3.63) is 110 Å². The number of aliphatic hydroxyl groups excluding tert-OH is 1. The lowest BCUT2D eigenvalue weighted by Gasteiger charge is -2.58. The van der Waals surface area contributed by atoms with Crippen LogP contribution in [0.2, 0.25) is 5.02 Å². The normalized spacial score (nSPS) is 30.8. The van der Waals surface area contributed by atoms with Crippen LogP contribution in [0.15, 0.2) is 99.0 Å². The lowest BCUT2D eigenvalue weighted by atomic mass is 9.47. The maximum absolute atomic E-state index is 10.5. The molecular formula is C45H50ClN7O2S2. The molecule has 2 aromatic heterocycles. The van der Waals surface area contributed by atoms with Crippen molar-refractivity contribution in [3.63, 3.8) is 0 Å². The van der Waals surface area contributed by atoms with Crippen LogP contribution in [0.4, 0.5) is 5.00 Å².